The predicted octanol–water partition coefficient (Wildman–Crippen LogP) is 4.73. The molecular formula is C14H16ClFOS. The number of benzene rings is 1. The second-order valence-corrected chi connectivity index (χ2v) is 6.31. The average molecular weight is 287 g/mol. The second kappa shape index (κ2) is 6.58. The van der Waals surface area contributed by atoms with E-state index in [2.05, 4.69) is 0 Å². The third-order valence-corrected chi connectivity index (χ3v) is 4.93. The minimum Gasteiger partial charge on any atom is -0.293 e. The van der Waals surface area contributed by atoms with E-state index in [1.807, 2.05) is 0 Å². The maximum atomic E-state index is 13.1. The SMILES string of the molecule is O=C(CSC1CCCCC1)c1cc(F)ccc1Cl. The fourth-order valence-corrected chi connectivity index (χ4v) is 3.65. The van der Waals surface area contributed by atoms with Crippen molar-refractivity contribution in [2.24, 2.45) is 0 Å². The Kier molecular flexibility index (Phi) is 5.07. The summed E-state index contributed by atoms with van der Waals surface area (Å²) in [5.74, 6) is -0.0890. The second-order valence-electron chi connectivity index (χ2n) is 4.62. The summed E-state index contributed by atoms with van der Waals surface area (Å²) in [6, 6.07) is 3.94. The first-order chi connectivity index (χ1) is 8.66. The molecule has 0 radical (unpaired) electrons. The van der Waals surface area contributed by atoms with Crippen LogP contribution in [0.2, 0.25) is 5.02 Å². The first-order valence-corrected chi connectivity index (χ1v) is 7.69. The summed E-state index contributed by atoms with van der Waals surface area (Å²) in [5, 5.41) is 0.917. The van der Waals surface area contributed by atoms with E-state index in [1.165, 1.54) is 50.3 Å². The minimum absolute atomic E-state index is 0.0740. The lowest BCUT2D eigenvalue weighted by atomic mass is 10.0. The van der Waals surface area contributed by atoms with Gasteiger partial charge < -0.3 is 0 Å². The van der Waals surface area contributed by atoms with Gasteiger partial charge in [0, 0.05) is 10.8 Å². The highest BCUT2D eigenvalue weighted by molar-refractivity contribution is 8.00. The zero-order valence-electron chi connectivity index (χ0n) is 10.1. The Balaban J connectivity index is 1.92. The molecule has 0 amide bonds. The van der Waals surface area contributed by atoms with Crippen LogP contribution < -0.4 is 0 Å². The van der Waals surface area contributed by atoms with Crippen LogP contribution in [0.3, 0.4) is 0 Å². The van der Waals surface area contributed by atoms with Crippen molar-refractivity contribution in [3.8, 4) is 0 Å². The number of carbonyl (C=O) groups excluding carboxylic acids is 1. The first kappa shape index (κ1) is 13.9. The van der Waals surface area contributed by atoms with Crippen molar-refractivity contribution in [2.75, 3.05) is 5.75 Å². The molecule has 0 heterocycles. The van der Waals surface area contributed by atoms with Gasteiger partial charge in [-0.05, 0) is 31.0 Å². The van der Waals surface area contributed by atoms with E-state index in [0.717, 1.165) is 0 Å². The van der Waals surface area contributed by atoms with Crippen molar-refractivity contribution in [1.82, 2.24) is 0 Å². The van der Waals surface area contributed by atoms with Gasteiger partial charge in [-0.2, -0.15) is 11.8 Å². The Morgan fingerprint density at radius 2 is 2.06 bits per heavy atom. The molecule has 0 aliphatic heterocycles. The van der Waals surface area contributed by atoms with Gasteiger partial charge in [-0.15, -0.1) is 0 Å². The smallest absolute Gasteiger partial charge is 0.174 e. The number of halogens is 2. The summed E-state index contributed by atoms with van der Waals surface area (Å²) in [6.07, 6.45) is 6.20. The molecule has 1 saturated carbocycles. The Hall–Kier alpha value is -0.540. The number of Topliss-reactive ketones (excluding diaryl/α,β-unsaturated/α-hetero) is 1. The monoisotopic (exact) mass is 286 g/mol. The minimum atomic E-state index is -0.412. The quantitative estimate of drug-likeness (QED) is 0.745. The molecule has 18 heavy (non-hydrogen) atoms. The molecule has 0 atom stereocenters. The van der Waals surface area contributed by atoms with Crippen LogP contribution >= 0.6 is 23.4 Å². The lowest BCUT2D eigenvalue weighted by Crippen LogP contribution is -2.12. The molecule has 1 aliphatic rings. The third kappa shape index (κ3) is 3.72. The molecule has 1 aromatic rings. The number of carbonyl (C=O) groups is 1. The fourth-order valence-electron chi connectivity index (χ4n) is 2.21. The molecule has 1 fully saturated rings. The van der Waals surface area contributed by atoms with Crippen molar-refractivity contribution >= 4 is 29.1 Å². The topological polar surface area (TPSA) is 17.1 Å². The lowest BCUT2D eigenvalue weighted by molar-refractivity contribution is 0.102. The molecule has 0 saturated heterocycles. The van der Waals surface area contributed by atoms with Gasteiger partial charge in [-0.25, -0.2) is 4.39 Å². The van der Waals surface area contributed by atoms with Gasteiger partial charge in [0.1, 0.15) is 5.82 Å². The van der Waals surface area contributed by atoms with Crippen LogP contribution in [0.1, 0.15) is 42.5 Å². The number of hydrogen-bond donors (Lipinski definition) is 0. The Bertz CT molecular complexity index is 430. The summed E-state index contributed by atoms with van der Waals surface area (Å²) in [6.45, 7) is 0. The maximum Gasteiger partial charge on any atom is 0.174 e. The van der Waals surface area contributed by atoms with E-state index in [0.29, 0.717) is 21.6 Å². The van der Waals surface area contributed by atoms with Gasteiger partial charge in [-0.1, -0.05) is 30.9 Å². The van der Waals surface area contributed by atoms with E-state index in [4.69, 9.17) is 11.6 Å². The van der Waals surface area contributed by atoms with Crippen molar-refractivity contribution < 1.29 is 9.18 Å². The Morgan fingerprint density at radius 1 is 1.33 bits per heavy atom. The van der Waals surface area contributed by atoms with Crippen LogP contribution in [0.25, 0.3) is 0 Å². The van der Waals surface area contributed by atoms with Gasteiger partial charge in [-0.3, -0.25) is 4.79 Å². The standard InChI is InChI=1S/C14H16ClFOS/c15-13-7-6-10(16)8-12(13)14(17)9-18-11-4-2-1-3-5-11/h6-8,11H,1-5,9H2. The van der Waals surface area contributed by atoms with E-state index in [9.17, 15) is 9.18 Å². The van der Waals surface area contributed by atoms with Gasteiger partial charge in [0.05, 0.1) is 10.8 Å². The molecule has 0 spiro atoms. The van der Waals surface area contributed by atoms with E-state index in [1.54, 1.807) is 11.8 Å². The molecule has 0 bridgehead atoms. The number of thioether (sulfide) groups is 1. The van der Waals surface area contributed by atoms with E-state index >= 15 is 0 Å². The average Bonchev–Trinajstić information content (AvgIpc) is 2.40. The highest BCUT2D eigenvalue weighted by Crippen LogP contribution is 2.29. The van der Waals surface area contributed by atoms with Crippen molar-refractivity contribution in [3.05, 3.63) is 34.6 Å². The zero-order chi connectivity index (χ0) is 13.0. The van der Waals surface area contributed by atoms with Crippen molar-refractivity contribution in [1.29, 1.82) is 0 Å². The first-order valence-electron chi connectivity index (χ1n) is 6.26. The maximum absolute atomic E-state index is 13.1. The van der Waals surface area contributed by atoms with Gasteiger partial charge in [0.15, 0.2) is 5.78 Å². The molecule has 1 aliphatic carbocycles. The largest absolute Gasteiger partial charge is 0.293 e. The molecule has 0 unspecified atom stereocenters. The third-order valence-electron chi connectivity index (χ3n) is 3.23. The number of ketones is 1. The van der Waals surface area contributed by atoms with Crippen LogP contribution in [0, 0.1) is 5.82 Å². The van der Waals surface area contributed by atoms with E-state index < -0.39 is 5.82 Å². The summed E-state index contributed by atoms with van der Waals surface area (Å²) in [5.41, 5.74) is 0.306. The normalized spacial score (nSPS) is 16.8. The van der Waals surface area contributed by atoms with Crippen molar-refractivity contribution in [2.45, 2.75) is 37.4 Å². The van der Waals surface area contributed by atoms with E-state index in [-0.39, 0.29) is 5.78 Å². The molecule has 1 aromatic carbocycles. The highest BCUT2D eigenvalue weighted by Gasteiger charge is 2.17. The lowest BCUT2D eigenvalue weighted by Gasteiger charge is -2.20. The van der Waals surface area contributed by atoms with Crippen LogP contribution in [-0.4, -0.2) is 16.8 Å². The van der Waals surface area contributed by atoms with Crippen molar-refractivity contribution in [3.63, 3.8) is 0 Å². The molecule has 0 aromatic heterocycles. The molecule has 4 heteroatoms. The number of rotatable bonds is 4. The molecule has 2 rings (SSSR count). The summed E-state index contributed by atoms with van der Waals surface area (Å²) in [7, 11) is 0. The molecular weight excluding hydrogens is 271 g/mol. The molecule has 0 N–H and O–H groups in total. The van der Waals surface area contributed by atoms with Crippen LogP contribution in [-0.2, 0) is 0 Å². The predicted molar refractivity (Wildman–Crippen MR) is 75.1 cm³/mol. The molecule has 98 valence electrons. The zero-order valence-corrected chi connectivity index (χ0v) is 11.7. The summed E-state index contributed by atoms with van der Waals surface area (Å²) in [4.78, 5) is 12.0. The van der Waals surface area contributed by atoms with Crippen LogP contribution in [0.15, 0.2) is 18.2 Å². The van der Waals surface area contributed by atoms with Gasteiger partial charge in [0.25, 0.3) is 0 Å². The summed E-state index contributed by atoms with van der Waals surface area (Å²) < 4.78 is 13.1. The Morgan fingerprint density at radius 3 is 2.78 bits per heavy atom. The van der Waals surface area contributed by atoms with Gasteiger partial charge in [0.2, 0.25) is 0 Å². The summed E-state index contributed by atoms with van der Waals surface area (Å²) >= 11 is 7.60. The molecule has 1 nitrogen and oxygen atoms in total. The van der Waals surface area contributed by atoms with Crippen LogP contribution in [0.5, 0.6) is 0 Å². The van der Waals surface area contributed by atoms with Gasteiger partial charge >= 0.3 is 0 Å². The van der Waals surface area contributed by atoms with Crippen LogP contribution in [0.4, 0.5) is 4.39 Å². The Labute approximate surface area is 116 Å². The fraction of sp³-hybridized carbons (Fsp3) is 0.500. The number of hydrogen-bond acceptors (Lipinski definition) is 2. The highest BCUT2D eigenvalue weighted by atomic mass is 35.5.